The van der Waals surface area contributed by atoms with E-state index in [-0.39, 0.29) is 6.04 Å². The average molecular weight is 324 g/mol. The first-order chi connectivity index (χ1) is 9.15. The fourth-order valence-corrected chi connectivity index (χ4v) is 2.70. The van der Waals surface area contributed by atoms with Crippen LogP contribution in [-0.2, 0) is 13.0 Å². The summed E-state index contributed by atoms with van der Waals surface area (Å²) in [6.45, 7) is 2.88. The predicted octanol–water partition coefficient (Wildman–Crippen LogP) is 2.92. The maximum Gasteiger partial charge on any atom is 0.118 e. The zero-order chi connectivity index (χ0) is 13.8. The van der Waals surface area contributed by atoms with E-state index in [1.165, 1.54) is 5.56 Å². The summed E-state index contributed by atoms with van der Waals surface area (Å²) in [7, 11) is 1.66. The second kappa shape index (κ2) is 6.21. The van der Waals surface area contributed by atoms with Crippen LogP contribution in [0.4, 0.5) is 0 Å². The number of methoxy groups -OCH3 is 1. The van der Waals surface area contributed by atoms with Crippen molar-refractivity contribution in [1.82, 2.24) is 9.78 Å². The second-order valence-electron chi connectivity index (χ2n) is 4.35. The molecule has 1 aromatic carbocycles. The number of halogens is 1. The Labute approximate surface area is 121 Å². The highest BCUT2D eigenvalue weighted by Gasteiger charge is 2.16. The number of ether oxygens (including phenoxy) is 1. The normalized spacial score (nSPS) is 12.4. The van der Waals surface area contributed by atoms with Crippen LogP contribution in [0.1, 0.15) is 24.2 Å². The quantitative estimate of drug-likeness (QED) is 0.920. The first kappa shape index (κ1) is 14.1. The SMILES string of the molecule is CCn1ncc(Br)c1C(N)Cc1ccc(OC)cc1. The third-order valence-electron chi connectivity index (χ3n) is 3.10. The monoisotopic (exact) mass is 323 g/mol. The molecule has 2 rings (SSSR count). The number of nitrogens with zero attached hydrogens (tertiary/aromatic N) is 2. The lowest BCUT2D eigenvalue weighted by atomic mass is 10.0. The van der Waals surface area contributed by atoms with E-state index >= 15 is 0 Å². The van der Waals surface area contributed by atoms with Crippen LogP contribution in [0.5, 0.6) is 5.75 Å². The van der Waals surface area contributed by atoms with Crippen molar-refractivity contribution in [3.05, 3.63) is 46.2 Å². The molecule has 0 aliphatic heterocycles. The molecule has 2 N–H and O–H groups in total. The van der Waals surface area contributed by atoms with Gasteiger partial charge in [-0.2, -0.15) is 5.10 Å². The van der Waals surface area contributed by atoms with E-state index in [4.69, 9.17) is 10.5 Å². The van der Waals surface area contributed by atoms with Gasteiger partial charge in [-0.25, -0.2) is 0 Å². The van der Waals surface area contributed by atoms with Gasteiger partial charge in [-0.05, 0) is 47.0 Å². The molecule has 0 fully saturated rings. The highest BCUT2D eigenvalue weighted by molar-refractivity contribution is 9.10. The van der Waals surface area contributed by atoms with E-state index in [0.717, 1.165) is 28.9 Å². The third kappa shape index (κ3) is 3.16. The van der Waals surface area contributed by atoms with E-state index in [2.05, 4.69) is 28.0 Å². The van der Waals surface area contributed by atoms with Gasteiger partial charge in [-0.3, -0.25) is 4.68 Å². The Morgan fingerprint density at radius 3 is 2.63 bits per heavy atom. The van der Waals surface area contributed by atoms with Crippen molar-refractivity contribution in [2.24, 2.45) is 5.73 Å². The molecule has 1 atom stereocenters. The summed E-state index contributed by atoms with van der Waals surface area (Å²) < 4.78 is 8.05. The van der Waals surface area contributed by atoms with Crippen LogP contribution in [-0.4, -0.2) is 16.9 Å². The minimum absolute atomic E-state index is 0.0785. The number of benzene rings is 1. The Kier molecular flexibility index (Phi) is 4.61. The van der Waals surface area contributed by atoms with Gasteiger partial charge in [0, 0.05) is 6.54 Å². The molecule has 19 heavy (non-hydrogen) atoms. The minimum atomic E-state index is -0.0785. The highest BCUT2D eigenvalue weighted by atomic mass is 79.9. The Morgan fingerprint density at radius 1 is 1.37 bits per heavy atom. The first-order valence-electron chi connectivity index (χ1n) is 6.25. The van der Waals surface area contributed by atoms with E-state index in [9.17, 15) is 0 Å². The molecule has 0 bridgehead atoms. The summed E-state index contributed by atoms with van der Waals surface area (Å²) in [5.74, 6) is 0.858. The molecule has 2 aromatic rings. The standard InChI is InChI=1S/C14H18BrN3O/c1-3-18-14(12(15)9-17-18)13(16)8-10-4-6-11(19-2)7-5-10/h4-7,9,13H,3,8,16H2,1-2H3. The van der Waals surface area contributed by atoms with Crippen molar-refractivity contribution in [2.75, 3.05) is 7.11 Å². The van der Waals surface area contributed by atoms with Crippen LogP contribution < -0.4 is 10.5 Å². The Hall–Kier alpha value is -1.33. The fraction of sp³-hybridized carbons (Fsp3) is 0.357. The summed E-state index contributed by atoms with van der Waals surface area (Å²) in [4.78, 5) is 0. The summed E-state index contributed by atoms with van der Waals surface area (Å²) >= 11 is 3.51. The van der Waals surface area contributed by atoms with Crippen LogP contribution in [0.2, 0.25) is 0 Å². The summed E-state index contributed by atoms with van der Waals surface area (Å²) in [5.41, 5.74) is 8.52. The summed E-state index contributed by atoms with van der Waals surface area (Å²) in [6.07, 6.45) is 2.57. The van der Waals surface area contributed by atoms with Crippen molar-refractivity contribution < 1.29 is 4.74 Å². The first-order valence-corrected chi connectivity index (χ1v) is 7.04. The number of aryl methyl sites for hydroxylation is 1. The van der Waals surface area contributed by atoms with Crippen LogP contribution in [0.15, 0.2) is 34.9 Å². The van der Waals surface area contributed by atoms with Gasteiger partial charge in [0.1, 0.15) is 5.75 Å². The molecule has 0 aliphatic carbocycles. The van der Waals surface area contributed by atoms with Gasteiger partial charge in [-0.1, -0.05) is 12.1 Å². The summed E-state index contributed by atoms with van der Waals surface area (Å²) in [5, 5.41) is 4.29. The van der Waals surface area contributed by atoms with Crippen molar-refractivity contribution in [3.63, 3.8) is 0 Å². The van der Waals surface area contributed by atoms with Gasteiger partial charge >= 0.3 is 0 Å². The maximum atomic E-state index is 6.30. The third-order valence-corrected chi connectivity index (χ3v) is 3.71. The Bertz CT molecular complexity index is 536. The smallest absolute Gasteiger partial charge is 0.118 e. The molecule has 5 heteroatoms. The molecular formula is C14H18BrN3O. The van der Waals surface area contributed by atoms with E-state index in [0.29, 0.717) is 0 Å². The zero-order valence-electron chi connectivity index (χ0n) is 11.1. The van der Waals surface area contributed by atoms with E-state index in [1.54, 1.807) is 13.3 Å². The molecule has 4 nitrogen and oxygen atoms in total. The number of hydrogen-bond acceptors (Lipinski definition) is 3. The number of aromatic nitrogens is 2. The van der Waals surface area contributed by atoms with Crippen LogP contribution in [0.25, 0.3) is 0 Å². The lowest BCUT2D eigenvalue weighted by Gasteiger charge is -2.14. The minimum Gasteiger partial charge on any atom is -0.497 e. The maximum absolute atomic E-state index is 6.30. The molecule has 0 amide bonds. The van der Waals surface area contributed by atoms with Gasteiger partial charge in [0.05, 0.1) is 29.5 Å². The largest absolute Gasteiger partial charge is 0.497 e. The molecule has 102 valence electrons. The predicted molar refractivity (Wildman–Crippen MR) is 79.2 cm³/mol. The van der Waals surface area contributed by atoms with Crippen molar-refractivity contribution in [2.45, 2.75) is 25.9 Å². The molecule has 1 heterocycles. The molecule has 0 radical (unpaired) electrons. The molecule has 1 unspecified atom stereocenters. The van der Waals surface area contributed by atoms with Crippen molar-refractivity contribution >= 4 is 15.9 Å². The average Bonchev–Trinajstić information content (AvgIpc) is 2.80. The van der Waals surface area contributed by atoms with Crippen LogP contribution in [0, 0.1) is 0 Å². The van der Waals surface area contributed by atoms with Crippen molar-refractivity contribution in [3.8, 4) is 5.75 Å². The Morgan fingerprint density at radius 2 is 2.05 bits per heavy atom. The summed E-state index contributed by atoms with van der Waals surface area (Å²) in [6, 6.07) is 7.91. The number of rotatable bonds is 5. The lowest BCUT2D eigenvalue weighted by molar-refractivity contribution is 0.414. The highest BCUT2D eigenvalue weighted by Crippen LogP contribution is 2.25. The zero-order valence-corrected chi connectivity index (χ0v) is 12.7. The molecule has 0 spiro atoms. The van der Waals surface area contributed by atoms with Gasteiger partial charge in [-0.15, -0.1) is 0 Å². The van der Waals surface area contributed by atoms with Crippen LogP contribution in [0.3, 0.4) is 0 Å². The molecule has 0 saturated carbocycles. The van der Waals surface area contributed by atoms with Gasteiger partial charge in [0.25, 0.3) is 0 Å². The second-order valence-corrected chi connectivity index (χ2v) is 5.21. The molecule has 1 aromatic heterocycles. The Balaban J connectivity index is 2.15. The topological polar surface area (TPSA) is 53.1 Å². The van der Waals surface area contributed by atoms with E-state index < -0.39 is 0 Å². The number of nitrogens with two attached hydrogens (primary N) is 1. The van der Waals surface area contributed by atoms with Gasteiger partial charge in [0.15, 0.2) is 0 Å². The fourth-order valence-electron chi connectivity index (χ4n) is 2.10. The lowest BCUT2D eigenvalue weighted by Crippen LogP contribution is -2.18. The van der Waals surface area contributed by atoms with Gasteiger partial charge in [0.2, 0.25) is 0 Å². The van der Waals surface area contributed by atoms with Crippen LogP contribution >= 0.6 is 15.9 Å². The molecule has 0 saturated heterocycles. The number of hydrogen-bond donors (Lipinski definition) is 1. The molecular weight excluding hydrogens is 306 g/mol. The van der Waals surface area contributed by atoms with Crippen molar-refractivity contribution in [1.29, 1.82) is 0 Å². The molecule has 0 aliphatic rings. The van der Waals surface area contributed by atoms with E-state index in [1.807, 2.05) is 28.9 Å². The van der Waals surface area contributed by atoms with Gasteiger partial charge < -0.3 is 10.5 Å².